The van der Waals surface area contributed by atoms with Crippen LogP contribution in [0.25, 0.3) is 5.83 Å². The first-order chi connectivity index (χ1) is 17.8. The molecule has 214 valence electrons. The first kappa shape index (κ1) is 31.7. The lowest BCUT2D eigenvalue weighted by Crippen LogP contribution is -2.41. The van der Waals surface area contributed by atoms with Crippen LogP contribution in [0.3, 0.4) is 0 Å². The summed E-state index contributed by atoms with van der Waals surface area (Å²) in [6.07, 6.45) is -15.2. The van der Waals surface area contributed by atoms with Gasteiger partial charge in [0.05, 0.1) is 29.8 Å². The highest BCUT2D eigenvalue weighted by molar-refractivity contribution is 6.32. The monoisotopic (exact) mass is 594 g/mol. The zero-order chi connectivity index (χ0) is 29.8. The van der Waals surface area contributed by atoms with E-state index in [-0.39, 0.29) is 22.9 Å². The van der Waals surface area contributed by atoms with Crippen molar-refractivity contribution in [3.63, 3.8) is 0 Å². The smallest absolute Gasteiger partial charge is 0.417 e. The number of methoxy groups -OCH3 is 1. The fraction of sp³-hybridized carbons (Fsp3) is 0.304. The number of alkyl halides is 9. The van der Waals surface area contributed by atoms with Crippen molar-refractivity contribution in [2.45, 2.75) is 24.4 Å². The number of ether oxygens (including phenoxy) is 1. The molecule has 0 aliphatic carbocycles. The van der Waals surface area contributed by atoms with Gasteiger partial charge in [-0.15, -0.1) is 0 Å². The average molecular weight is 595 g/mol. The molecule has 2 aromatic rings. The summed E-state index contributed by atoms with van der Waals surface area (Å²) < 4.78 is 138. The minimum Gasteiger partial charge on any atom is -0.495 e. The Morgan fingerprint density at radius 3 is 2.13 bits per heavy atom. The summed E-state index contributed by atoms with van der Waals surface area (Å²) in [6, 6.07) is 3.99. The summed E-state index contributed by atoms with van der Waals surface area (Å²) in [5, 5.41) is 2.84. The van der Waals surface area contributed by atoms with E-state index in [9.17, 15) is 53.5 Å². The van der Waals surface area contributed by atoms with Gasteiger partial charge in [0.1, 0.15) is 24.0 Å². The topological polar surface area (TPSA) is 67.4 Å². The molecule has 5 nitrogen and oxygen atoms in total. The summed E-state index contributed by atoms with van der Waals surface area (Å²) in [5.41, 5.74) is -4.43. The van der Waals surface area contributed by atoms with Gasteiger partial charge >= 0.3 is 18.5 Å². The van der Waals surface area contributed by atoms with Gasteiger partial charge in [-0.1, -0.05) is 23.7 Å². The quantitative estimate of drug-likeness (QED) is 0.346. The lowest BCUT2D eigenvalue weighted by atomic mass is 9.95. The van der Waals surface area contributed by atoms with Gasteiger partial charge in [0.2, 0.25) is 5.91 Å². The normalized spacial score (nSPS) is 13.6. The Labute approximate surface area is 218 Å². The molecule has 1 unspecified atom stereocenters. The summed E-state index contributed by atoms with van der Waals surface area (Å²) in [4.78, 5) is 23.6. The lowest BCUT2D eigenvalue weighted by molar-refractivity contribution is -0.140. The van der Waals surface area contributed by atoms with Gasteiger partial charge in [-0.2, -0.15) is 39.5 Å². The highest BCUT2D eigenvalue weighted by Crippen LogP contribution is 2.41. The third-order valence-corrected chi connectivity index (χ3v) is 5.24. The van der Waals surface area contributed by atoms with Crippen LogP contribution in [0.2, 0.25) is 5.02 Å². The fourth-order valence-electron chi connectivity index (χ4n) is 3.14. The van der Waals surface area contributed by atoms with Crippen LogP contribution in [0.15, 0.2) is 42.5 Å². The van der Waals surface area contributed by atoms with Crippen molar-refractivity contribution in [3.8, 4) is 5.75 Å². The Kier molecular flexibility index (Phi) is 9.87. The molecule has 0 spiro atoms. The number of nitrogens with one attached hydrogen (secondary N) is 2. The van der Waals surface area contributed by atoms with Gasteiger partial charge in [0.15, 0.2) is 0 Å². The van der Waals surface area contributed by atoms with Crippen LogP contribution in [0.4, 0.5) is 43.9 Å². The second-order valence-electron chi connectivity index (χ2n) is 7.76. The van der Waals surface area contributed by atoms with E-state index in [1.807, 2.05) is 0 Å². The van der Waals surface area contributed by atoms with Gasteiger partial charge in [-0.3, -0.25) is 9.59 Å². The molecular formula is C23H17ClF10N2O3. The molecule has 2 amide bonds. The van der Waals surface area contributed by atoms with E-state index < -0.39 is 77.4 Å². The molecule has 0 saturated carbocycles. The molecule has 2 N–H and O–H groups in total. The van der Waals surface area contributed by atoms with Gasteiger partial charge in [0.25, 0.3) is 5.91 Å². The molecule has 0 heterocycles. The zero-order valence-corrected chi connectivity index (χ0v) is 20.2. The molecule has 0 aromatic heterocycles. The number of carbonyl (C=O) groups excluding carboxylic acids is 2. The minimum atomic E-state index is -5.31. The van der Waals surface area contributed by atoms with E-state index in [2.05, 4.69) is 0 Å². The molecule has 0 bridgehead atoms. The van der Waals surface area contributed by atoms with Crippen molar-refractivity contribution in [2.24, 2.45) is 0 Å². The predicted molar refractivity (Wildman–Crippen MR) is 119 cm³/mol. The predicted octanol–water partition coefficient (Wildman–Crippen LogP) is 6.43. The number of hydrogen-bond acceptors (Lipinski definition) is 3. The number of benzene rings is 2. The Morgan fingerprint density at radius 1 is 0.974 bits per heavy atom. The molecule has 2 rings (SSSR count). The van der Waals surface area contributed by atoms with Crippen molar-refractivity contribution in [3.05, 3.63) is 69.8 Å². The molecule has 0 aliphatic heterocycles. The fourth-order valence-corrected chi connectivity index (χ4v) is 3.41. The molecule has 1 atom stereocenters. The molecule has 0 radical (unpaired) electrons. The Morgan fingerprint density at radius 2 is 1.62 bits per heavy atom. The number of halogens is 11. The van der Waals surface area contributed by atoms with Crippen LogP contribution >= 0.6 is 11.6 Å². The molecular weight excluding hydrogens is 578 g/mol. The van der Waals surface area contributed by atoms with E-state index in [1.54, 1.807) is 5.32 Å². The second-order valence-corrected chi connectivity index (χ2v) is 8.17. The first-order valence-electron chi connectivity index (χ1n) is 10.4. The van der Waals surface area contributed by atoms with Crippen molar-refractivity contribution >= 4 is 29.2 Å². The number of carbonyl (C=O) groups is 2. The van der Waals surface area contributed by atoms with E-state index in [1.165, 1.54) is 12.4 Å². The van der Waals surface area contributed by atoms with Gasteiger partial charge in [-0.25, -0.2) is 4.39 Å². The summed E-state index contributed by atoms with van der Waals surface area (Å²) >= 11 is 5.83. The molecule has 2 aromatic carbocycles. The largest absolute Gasteiger partial charge is 0.495 e. The maximum Gasteiger partial charge on any atom is 0.417 e. The number of hydrogen-bond donors (Lipinski definition) is 2. The van der Waals surface area contributed by atoms with Crippen molar-refractivity contribution in [1.82, 2.24) is 10.6 Å². The standard InChI is InChI=1S/C23H17ClF10N2O3/c1-39-18-5-3-11(7-16(18)24)14(22(29,30)31)8-17(25)12-2-4-13(15(6-12)23(32,33)34)20(38)35-9-19(37)36-10-21(26,27)28/h2-8,14H,9-10H2,1H3,(H,35,38)(H,36,37). The SMILES string of the molecule is COc1ccc(C(C=C(F)c2ccc(C(=O)NCC(=O)NCC(F)(F)F)c(C(F)(F)F)c2)C(F)(F)F)cc1Cl. The molecule has 0 saturated heterocycles. The Balaban J connectivity index is 2.38. The number of rotatable bonds is 8. The van der Waals surface area contributed by atoms with Crippen LogP contribution in [-0.4, -0.2) is 44.4 Å². The van der Waals surface area contributed by atoms with E-state index in [4.69, 9.17) is 16.3 Å². The lowest BCUT2D eigenvalue weighted by Gasteiger charge is -2.19. The molecule has 0 fully saturated rings. The third-order valence-electron chi connectivity index (χ3n) is 4.94. The summed E-state index contributed by atoms with van der Waals surface area (Å²) in [7, 11) is 1.20. The Bertz CT molecular complexity index is 1240. The van der Waals surface area contributed by atoms with Crippen molar-refractivity contribution in [2.75, 3.05) is 20.2 Å². The average Bonchev–Trinajstić information content (AvgIpc) is 2.82. The summed E-state index contributed by atoms with van der Waals surface area (Å²) in [6.45, 7) is -2.88. The van der Waals surface area contributed by atoms with Crippen LogP contribution in [0.5, 0.6) is 5.75 Å². The zero-order valence-electron chi connectivity index (χ0n) is 19.4. The molecule has 16 heteroatoms. The highest BCUT2D eigenvalue weighted by atomic mass is 35.5. The van der Waals surface area contributed by atoms with Crippen LogP contribution in [0.1, 0.15) is 33.0 Å². The van der Waals surface area contributed by atoms with Crippen molar-refractivity contribution in [1.29, 1.82) is 0 Å². The third kappa shape index (κ3) is 9.04. The first-order valence-corrected chi connectivity index (χ1v) is 10.8. The second kappa shape index (κ2) is 12.1. The number of amides is 2. The summed E-state index contributed by atoms with van der Waals surface area (Å²) in [5.74, 6) is -7.24. The van der Waals surface area contributed by atoms with E-state index in [0.717, 1.165) is 18.2 Å². The van der Waals surface area contributed by atoms with Crippen LogP contribution in [-0.2, 0) is 11.0 Å². The van der Waals surface area contributed by atoms with E-state index >= 15 is 0 Å². The number of allylic oxidation sites excluding steroid dienone is 1. The maximum atomic E-state index is 14.9. The highest BCUT2D eigenvalue weighted by Gasteiger charge is 2.41. The van der Waals surface area contributed by atoms with Crippen LogP contribution < -0.4 is 15.4 Å². The van der Waals surface area contributed by atoms with Gasteiger partial charge in [0, 0.05) is 5.56 Å². The van der Waals surface area contributed by atoms with Gasteiger partial charge in [-0.05, 0) is 35.9 Å². The molecule has 0 aliphatic rings. The van der Waals surface area contributed by atoms with E-state index in [0.29, 0.717) is 12.1 Å². The molecule has 39 heavy (non-hydrogen) atoms. The minimum absolute atomic E-state index is 0.0207. The Hall–Kier alpha value is -3.49. The van der Waals surface area contributed by atoms with Crippen LogP contribution in [0, 0.1) is 0 Å². The maximum absolute atomic E-state index is 14.9. The van der Waals surface area contributed by atoms with Gasteiger partial charge < -0.3 is 15.4 Å². The van der Waals surface area contributed by atoms with Crippen molar-refractivity contribution < 1.29 is 58.2 Å².